The molecule has 0 aliphatic heterocycles. The molecular weight excluding hydrogens is 181 g/mol. The number of hydrogen-bond acceptors (Lipinski definition) is 2. The van der Waals surface area contributed by atoms with E-state index >= 15 is 0 Å². The summed E-state index contributed by atoms with van der Waals surface area (Å²) < 4.78 is 27.1. The van der Waals surface area contributed by atoms with E-state index in [0.29, 0.717) is 0 Å². The summed E-state index contributed by atoms with van der Waals surface area (Å²) in [6, 6.07) is 0. The second kappa shape index (κ2) is 6.21. The van der Waals surface area contributed by atoms with E-state index in [1.807, 2.05) is 0 Å². The Bertz CT molecular complexity index is 32.6. The first kappa shape index (κ1) is 10.2. The average molecular weight is 181 g/mol. The molecule has 0 aromatic rings. The Labute approximate surface area is 80.8 Å². The Morgan fingerprint density at radius 3 is 1.80 bits per heavy atom. The summed E-state index contributed by atoms with van der Waals surface area (Å²) in [5, 5.41) is 0. The van der Waals surface area contributed by atoms with Crippen LogP contribution in [-0.4, -0.2) is 0 Å². The summed E-state index contributed by atoms with van der Waals surface area (Å²) in [7, 11) is 0. The molecule has 0 aliphatic rings. The van der Waals surface area contributed by atoms with Gasteiger partial charge in [-0.3, -0.25) is 0 Å². The van der Waals surface area contributed by atoms with Crippen molar-refractivity contribution < 1.29 is 82.8 Å². The molecule has 5 heavy (non-hydrogen) atoms. The molecule has 0 bridgehead atoms. The van der Waals surface area contributed by atoms with Crippen LogP contribution in [0.4, 0.5) is 2.63 Å². The van der Waals surface area contributed by atoms with Gasteiger partial charge in [0.1, 0.15) is 0 Å². The van der Waals surface area contributed by atoms with Gasteiger partial charge in [-0.2, -0.15) is 0 Å². The fourth-order valence-electron chi connectivity index (χ4n) is 0. The van der Waals surface area contributed by atoms with Crippen LogP contribution in [0.1, 0.15) is 0 Å². The zero-order valence-corrected chi connectivity index (χ0v) is 8.28. The topological polar surface area (TPSA) is 40.1 Å². The predicted molar refractivity (Wildman–Crippen MR) is 1.79 cm³/mol. The summed E-state index contributed by atoms with van der Waals surface area (Å²) in [4.78, 5) is 0. The fourth-order valence-corrected chi connectivity index (χ4v) is 0. The first-order valence-electron chi connectivity index (χ1n) is 0.597. The standard InChI is InChI=1S/FH.K.2O.Zr/h1H;;;;/q;+1;;-1;+1/p-1. The number of hydrogen-bond donors (Lipinski definition) is 0. The molecule has 0 saturated carbocycles. The third-order valence-electron chi connectivity index (χ3n) is 0. The minimum absolute atomic E-state index is 0. The zero-order valence-electron chi connectivity index (χ0n) is 2.69. The second-order valence-electron chi connectivity index (χ2n) is 0.238. The maximum atomic E-state index is 10.1. The third kappa shape index (κ3) is 22.5. The summed E-state index contributed by atoms with van der Waals surface area (Å²) >= 11 is -4.54. The molecule has 24 valence electrons. The van der Waals surface area contributed by atoms with E-state index in [-0.39, 0.29) is 51.4 Å². The predicted octanol–water partition coefficient (Wildman–Crippen LogP) is -3.89. The normalized spacial score (nSPS) is 5.20. The Morgan fingerprint density at radius 1 is 1.80 bits per heavy atom. The summed E-state index contributed by atoms with van der Waals surface area (Å²) in [6.07, 6.45) is 0. The molecule has 0 heterocycles. The molecule has 0 aliphatic carbocycles. The summed E-state index contributed by atoms with van der Waals surface area (Å²) in [5.41, 5.74) is 0. The van der Waals surface area contributed by atoms with Crippen molar-refractivity contribution in [1.29, 1.82) is 0 Å². The zero-order chi connectivity index (χ0) is 3.58. The van der Waals surface area contributed by atoms with E-state index in [2.05, 4.69) is 0 Å². The van der Waals surface area contributed by atoms with Gasteiger partial charge in [-0.15, -0.1) is 0 Å². The van der Waals surface area contributed by atoms with Gasteiger partial charge in [0.15, 0.2) is 0 Å². The van der Waals surface area contributed by atoms with Crippen molar-refractivity contribution in [2.45, 2.75) is 0 Å². The molecule has 0 radical (unpaired) electrons. The Kier molecular flexibility index (Phi) is 12.7. The molecule has 0 rings (SSSR count). The average Bonchev–Trinajstić information content (AvgIpc) is 0.811. The minimum atomic E-state index is -4.54. The Morgan fingerprint density at radius 2 is 1.80 bits per heavy atom. The monoisotopic (exact) mass is 180 g/mol. The van der Waals surface area contributed by atoms with Crippen molar-refractivity contribution in [2.24, 2.45) is 0 Å². The molecule has 0 N–H and O–H groups in total. The third-order valence-corrected chi connectivity index (χ3v) is 0. The van der Waals surface area contributed by atoms with E-state index in [4.69, 9.17) is 6.00 Å². The van der Waals surface area contributed by atoms with E-state index in [1.54, 1.807) is 0 Å². The number of rotatable bonds is 0. The van der Waals surface area contributed by atoms with E-state index in [0.717, 1.165) is 0 Å². The van der Waals surface area contributed by atoms with Gasteiger partial charge in [-0.05, 0) is 0 Å². The molecule has 0 aromatic carbocycles. The second-order valence-corrected chi connectivity index (χ2v) is 1.41. The van der Waals surface area contributed by atoms with Crippen LogP contribution in [0.2, 0.25) is 0 Å². The summed E-state index contributed by atoms with van der Waals surface area (Å²) in [6.45, 7) is 0. The first-order chi connectivity index (χ1) is 1.73. The van der Waals surface area contributed by atoms with Crippen LogP contribution in [0.15, 0.2) is 0 Å². The molecule has 2 nitrogen and oxygen atoms in total. The van der Waals surface area contributed by atoms with Crippen LogP contribution in [0.25, 0.3) is 0 Å². The molecule has 0 unspecified atom stereocenters. The quantitative estimate of drug-likeness (QED) is 0.359. The molecule has 5 heteroatoms. The van der Waals surface area contributed by atoms with E-state index in [1.165, 1.54) is 0 Å². The Balaban J connectivity index is 0. The van der Waals surface area contributed by atoms with Crippen molar-refractivity contribution in [3.05, 3.63) is 0 Å². The first-order valence-corrected chi connectivity index (χ1v) is 3.53. The summed E-state index contributed by atoms with van der Waals surface area (Å²) in [5.74, 6) is 0. The van der Waals surface area contributed by atoms with Gasteiger partial charge in [0.05, 0.1) is 0 Å². The van der Waals surface area contributed by atoms with Gasteiger partial charge in [-0.25, -0.2) is 0 Å². The van der Waals surface area contributed by atoms with Crippen LogP contribution < -0.4 is 54.6 Å². The van der Waals surface area contributed by atoms with Crippen LogP contribution in [-0.2, 0) is 25.6 Å². The molecule has 0 saturated heterocycles. The molecule has 0 atom stereocenters. The van der Waals surface area contributed by atoms with Crippen molar-refractivity contribution in [1.82, 2.24) is 0 Å². The van der Waals surface area contributed by atoms with Gasteiger partial charge in [0.2, 0.25) is 0 Å². The molecule has 0 amide bonds. The van der Waals surface area contributed by atoms with Crippen molar-refractivity contribution in [3.8, 4) is 0 Å². The van der Waals surface area contributed by atoms with Gasteiger partial charge in [-0.1, -0.05) is 0 Å². The van der Waals surface area contributed by atoms with E-state index in [9.17, 15) is 2.63 Å². The van der Waals surface area contributed by atoms with Crippen molar-refractivity contribution >= 4 is 0 Å². The number of halogens is 1. The van der Waals surface area contributed by atoms with Crippen LogP contribution in [0, 0.1) is 0 Å². The van der Waals surface area contributed by atoms with Gasteiger partial charge < -0.3 is 0 Å². The van der Waals surface area contributed by atoms with Crippen LogP contribution >= 0.6 is 0 Å². The van der Waals surface area contributed by atoms with Gasteiger partial charge >= 0.3 is 82.8 Å². The molecular formula is FKO2Zr. The molecule has 0 spiro atoms. The van der Waals surface area contributed by atoms with Gasteiger partial charge in [0.25, 0.3) is 0 Å². The molecule has 0 fully saturated rings. The van der Waals surface area contributed by atoms with Crippen LogP contribution in [0.3, 0.4) is 0 Å². The SMILES string of the molecule is [K+].[O]=[Zr]([O-])[F]. The van der Waals surface area contributed by atoms with Crippen LogP contribution in [0.5, 0.6) is 0 Å². The molecule has 0 aromatic heterocycles. The maximum absolute atomic E-state index is 10.1. The van der Waals surface area contributed by atoms with Crippen molar-refractivity contribution in [3.63, 3.8) is 0 Å². The Hall–Kier alpha value is 2.21. The fraction of sp³-hybridized carbons (Fsp3) is 0. The van der Waals surface area contributed by atoms with Gasteiger partial charge in [0, 0.05) is 0 Å². The van der Waals surface area contributed by atoms with Crippen molar-refractivity contribution in [2.75, 3.05) is 0 Å². The van der Waals surface area contributed by atoms with E-state index < -0.39 is 22.8 Å².